The molecule has 0 unspecified atom stereocenters. The van der Waals surface area contributed by atoms with Gasteiger partial charge < -0.3 is 10.2 Å². The van der Waals surface area contributed by atoms with Crippen molar-refractivity contribution in [1.82, 2.24) is 19.6 Å². The second-order valence-electron chi connectivity index (χ2n) is 5.44. The van der Waals surface area contributed by atoms with E-state index in [1.54, 1.807) is 6.92 Å². The van der Waals surface area contributed by atoms with Gasteiger partial charge in [0.1, 0.15) is 5.02 Å². The Morgan fingerprint density at radius 1 is 1.26 bits per heavy atom. The molecule has 2 heterocycles. The molecule has 0 atom stereocenters. The van der Waals surface area contributed by atoms with Crippen molar-refractivity contribution in [2.45, 2.75) is 13.5 Å². The van der Waals surface area contributed by atoms with E-state index in [9.17, 15) is 4.79 Å². The normalized spacial score (nSPS) is 11.0. The number of halogens is 1. The minimum absolute atomic E-state index is 0.0944. The molecule has 0 bridgehead atoms. The van der Waals surface area contributed by atoms with E-state index < -0.39 is 0 Å². The van der Waals surface area contributed by atoms with E-state index in [1.165, 1.54) is 4.52 Å². The van der Waals surface area contributed by atoms with E-state index in [0.717, 1.165) is 11.3 Å². The number of rotatable bonds is 4. The third-order valence-electron chi connectivity index (χ3n) is 3.52. The number of nitrogens with one attached hydrogen (secondary N) is 2. The van der Waals surface area contributed by atoms with Crippen molar-refractivity contribution in [3.8, 4) is 0 Å². The summed E-state index contributed by atoms with van der Waals surface area (Å²) in [5.74, 6) is 0.760. The van der Waals surface area contributed by atoms with Crippen LogP contribution in [0.5, 0.6) is 0 Å². The van der Waals surface area contributed by atoms with Crippen LogP contribution in [0.1, 0.15) is 11.3 Å². The first-order chi connectivity index (χ1) is 11.0. The molecule has 0 saturated carbocycles. The van der Waals surface area contributed by atoms with Gasteiger partial charge in [-0.2, -0.15) is 9.50 Å². The van der Waals surface area contributed by atoms with E-state index in [-0.39, 0.29) is 10.6 Å². The summed E-state index contributed by atoms with van der Waals surface area (Å²) in [4.78, 5) is 22.5. The van der Waals surface area contributed by atoms with Gasteiger partial charge >= 0.3 is 0 Å². The number of aromatic nitrogens is 4. The van der Waals surface area contributed by atoms with Crippen molar-refractivity contribution in [3.05, 3.63) is 50.9 Å². The lowest BCUT2D eigenvalue weighted by Gasteiger charge is -2.12. The second kappa shape index (κ2) is 5.92. The average molecular weight is 333 g/mol. The van der Waals surface area contributed by atoms with Gasteiger partial charge in [-0.15, -0.1) is 0 Å². The highest BCUT2D eigenvalue weighted by Crippen LogP contribution is 2.13. The van der Waals surface area contributed by atoms with E-state index in [0.29, 0.717) is 24.0 Å². The van der Waals surface area contributed by atoms with Gasteiger partial charge in [-0.3, -0.25) is 9.89 Å². The molecule has 0 radical (unpaired) electrons. The zero-order valence-corrected chi connectivity index (χ0v) is 13.8. The molecular formula is C15H17ClN6O. The molecule has 0 aliphatic heterocycles. The monoisotopic (exact) mass is 332 g/mol. The molecule has 1 aromatic carbocycles. The lowest BCUT2D eigenvalue weighted by atomic mass is 10.2. The van der Waals surface area contributed by atoms with Gasteiger partial charge in [0.15, 0.2) is 0 Å². The number of hydrogen-bond donors (Lipinski definition) is 2. The fraction of sp³-hybridized carbons (Fsp3) is 0.267. The van der Waals surface area contributed by atoms with Gasteiger partial charge in [-0.05, 0) is 24.6 Å². The minimum atomic E-state index is -0.356. The molecule has 3 rings (SSSR count). The Bertz CT molecular complexity index is 897. The average Bonchev–Trinajstić information content (AvgIpc) is 2.94. The zero-order valence-electron chi connectivity index (χ0n) is 13.1. The standard InChI is InChI=1S/C15H17ClN6O/c1-9-12(16)13(23)22-15(18-9)19-14(20-22)17-8-10-4-6-11(7-5-10)21(2)3/h4-7H,8H2,1-3H3,(H2,17,18,19,20). The summed E-state index contributed by atoms with van der Waals surface area (Å²) in [6, 6.07) is 8.17. The van der Waals surface area contributed by atoms with E-state index in [4.69, 9.17) is 11.6 Å². The number of aryl methyl sites for hydroxylation is 1. The topological polar surface area (TPSA) is 78.3 Å². The summed E-state index contributed by atoms with van der Waals surface area (Å²) < 4.78 is 1.23. The fourth-order valence-electron chi connectivity index (χ4n) is 2.18. The van der Waals surface area contributed by atoms with Crippen molar-refractivity contribution in [3.63, 3.8) is 0 Å². The maximum absolute atomic E-state index is 12.0. The maximum atomic E-state index is 12.0. The van der Waals surface area contributed by atoms with Gasteiger partial charge in [-0.25, -0.2) is 4.98 Å². The summed E-state index contributed by atoms with van der Waals surface area (Å²) in [5.41, 5.74) is 2.35. The quantitative estimate of drug-likeness (QED) is 0.764. The molecule has 0 amide bonds. The number of H-pyrrole nitrogens is 1. The number of fused-ring (bicyclic) bond motifs is 1. The highest BCUT2D eigenvalue weighted by Gasteiger charge is 2.11. The first kappa shape index (κ1) is 15.4. The smallest absolute Gasteiger partial charge is 0.293 e. The van der Waals surface area contributed by atoms with Crippen molar-refractivity contribution >= 4 is 29.0 Å². The molecule has 2 aromatic heterocycles. The molecule has 0 aliphatic carbocycles. The Morgan fingerprint density at radius 3 is 2.61 bits per heavy atom. The maximum Gasteiger partial charge on any atom is 0.293 e. The Labute approximate surface area is 137 Å². The molecule has 120 valence electrons. The first-order valence-corrected chi connectivity index (χ1v) is 7.48. The van der Waals surface area contributed by atoms with Crippen LogP contribution in [0, 0.1) is 6.92 Å². The summed E-state index contributed by atoms with van der Waals surface area (Å²) in [6.45, 7) is 2.26. The van der Waals surface area contributed by atoms with Crippen LogP contribution in [-0.2, 0) is 6.54 Å². The van der Waals surface area contributed by atoms with Crippen molar-refractivity contribution in [1.29, 1.82) is 0 Å². The molecule has 23 heavy (non-hydrogen) atoms. The van der Waals surface area contributed by atoms with Crippen LogP contribution in [0.15, 0.2) is 29.1 Å². The van der Waals surface area contributed by atoms with E-state index in [2.05, 4.69) is 20.4 Å². The molecule has 0 saturated heterocycles. The summed E-state index contributed by atoms with van der Waals surface area (Å²) in [6.07, 6.45) is 0. The van der Waals surface area contributed by atoms with Crippen LogP contribution in [0.3, 0.4) is 0 Å². The SMILES string of the molecule is Cc1nc2nc(NCc3ccc(N(C)C)cc3)[nH]n2c(=O)c1Cl. The minimum Gasteiger partial charge on any atom is -0.378 e. The van der Waals surface area contributed by atoms with Crippen molar-refractivity contribution in [2.75, 3.05) is 24.3 Å². The molecule has 8 heteroatoms. The van der Waals surface area contributed by atoms with Gasteiger partial charge in [-0.1, -0.05) is 23.7 Å². The molecule has 2 N–H and O–H groups in total. The fourth-order valence-corrected chi connectivity index (χ4v) is 2.30. The molecule has 3 aromatic rings. The Kier molecular flexibility index (Phi) is 3.96. The molecular weight excluding hydrogens is 316 g/mol. The first-order valence-electron chi connectivity index (χ1n) is 7.10. The van der Waals surface area contributed by atoms with Crippen LogP contribution < -0.4 is 15.8 Å². The number of hydrogen-bond acceptors (Lipinski definition) is 5. The Balaban J connectivity index is 1.79. The number of aromatic amines is 1. The van der Waals surface area contributed by atoms with Crippen LogP contribution in [0.2, 0.25) is 5.02 Å². The van der Waals surface area contributed by atoms with E-state index in [1.807, 2.05) is 43.3 Å². The molecule has 0 spiro atoms. The highest BCUT2D eigenvalue weighted by molar-refractivity contribution is 6.31. The van der Waals surface area contributed by atoms with Gasteiger partial charge in [0.25, 0.3) is 11.3 Å². The van der Waals surface area contributed by atoms with Gasteiger partial charge in [0.05, 0.1) is 5.69 Å². The predicted octanol–water partition coefficient (Wildman–Crippen LogP) is 2.06. The largest absolute Gasteiger partial charge is 0.378 e. The lowest BCUT2D eigenvalue weighted by Crippen LogP contribution is -2.17. The van der Waals surface area contributed by atoms with Crippen LogP contribution in [-0.4, -0.2) is 33.7 Å². The number of benzene rings is 1. The van der Waals surface area contributed by atoms with Crippen LogP contribution in [0.4, 0.5) is 11.6 Å². The second-order valence-corrected chi connectivity index (χ2v) is 5.82. The Hall–Kier alpha value is -2.54. The summed E-state index contributed by atoms with van der Waals surface area (Å²) in [5, 5.41) is 6.10. The van der Waals surface area contributed by atoms with E-state index >= 15 is 0 Å². The highest BCUT2D eigenvalue weighted by atomic mass is 35.5. The number of anilines is 2. The van der Waals surface area contributed by atoms with Crippen molar-refractivity contribution < 1.29 is 0 Å². The predicted molar refractivity (Wildman–Crippen MR) is 91.5 cm³/mol. The number of nitrogens with zero attached hydrogens (tertiary/aromatic N) is 4. The van der Waals surface area contributed by atoms with Crippen molar-refractivity contribution in [2.24, 2.45) is 0 Å². The lowest BCUT2D eigenvalue weighted by molar-refractivity contribution is 0.886. The van der Waals surface area contributed by atoms with Crippen LogP contribution in [0.25, 0.3) is 5.78 Å². The molecule has 0 aliphatic rings. The third kappa shape index (κ3) is 3.00. The van der Waals surface area contributed by atoms with Gasteiger partial charge in [0.2, 0.25) is 5.95 Å². The van der Waals surface area contributed by atoms with Crippen LogP contribution >= 0.6 is 11.6 Å². The molecule has 0 fully saturated rings. The summed E-state index contributed by atoms with van der Waals surface area (Å²) >= 11 is 5.91. The third-order valence-corrected chi connectivity index (χ3v) is 3.95. The summed E-state index contributed by atoms with van der Waals surface area (Å²) in [7, 11) is 4.00. The van der Waals surface area contributed by atoms with Gasteiger partial charge in [0, 0.05) is 26.3 Å². The molecule has 7 nitrogen and oxygen atoms in total. The Morgan fingerprint density at radius 2 is 1.96 bits per heavy atom. The zero-order chi connectivity index (χ0) is 16.6.